The molecule has 0 atom stereocenters. The fourth-order valence-corrected chi connectivity index (χ4v) is 2.45. The standard InChI is InChI=1S/C15H14O2S/c1-3-17-15(16)11(2)7-8-12-5-4-6-14-13(12)9-10-18-14/h4-6,8-10H,3H2,1-2H3. The molecule has 0 spiro atoms. The Morgan fingerprint density at radius 3 is 3.06 bits per heavy atom. The molecule has 0 bridgehead atoms. The van der Waals surface area contributed by atoms with Crippen LogP contribution in [0, 0.1) is 0 Å². The van der Waals surface area contributed by atoms with Crippen LogP contribution in [0.4, 0.5) is 0 Å². The smallest absolute Gasteiger partial charge is 0.341 e. The minimum absolute atomic E-state index is 0.314. The van der Waals surface area contributed by atoms with Gasteiger partial charge in [-0.05, 0) is 43.0 Å². The van der Waals surface area contributed by atoms with Gasteiger partial charge in [-0.2, -0.15) is 0 Å². The zero-order chi connectivity index (χ0) is 13.0. The van der Waals surface area contributed by atoms with E-state index < -0.39 is 0 Å². The van der Waals surface area contributed by atoms with Crippen molar-refractivity contribution in [1.82, 2.24) is 0 Å². The van der Waals surface area contributed by atoms with Gasteiger partial charge >= 0.3 is 5.97 Å². The number of hydrogen-bond acceptors (Lipinski definition) is 3. The number of carbonyl (C=O) groups excluding carboxylic acids is 1. The molecule has 1 aromatic carbocycles. The van der Waals surface area contributed by atoms with Gasteiger partial charge in [0.2, 0.25) is 0 Å². The summed E-state index contributed by atoms with van der Waals surface area (Å²) in [6, 6.07) is 8.18. The molecule has 1 aromatic heterocycles. The van der Waals surface area contributed by atoms with Gasteiger partial charge in [0.25, 0.3) is 0 Å². The van der Waals surface area contributed by atoms with Crippen molar-refractivity contribution in [1.29, 1.82) is 0 Å². The predicted molar refractivity (Wildman–Crippen MR) is 75.6 cm³/mol. The van der Waals surface area contributed by atoms with E-state index in [9.17, 15) is 4.79 Å². The average molecular weight is 258 g/mol. The van der Waals surface area contributed by atoms with Gasteiger partial charge in [-0.25, -0.2) is 4.79 Å². The second-order valence-corrected chi connectivity index (χ2v) is 4.76. The molecular weight excluding hydrogens is 244 g/mol. The number of esters is 1. The van der Waals surface area contributed by atoms with Crippen LogP contribution >= 0.6 is 11.3 Å². The lowest BCUT2D eigenvalue weighted by atomic mass is 10.1. The van der Waals surface area contributed by atoms with Gasteiger partial charge < -0.3 is 4.74 Å². The molecule has 1 heterocycles. The van der Waals surface area contributed by atoms with Crippen LogP contribution in [0.5, 0.6) is 0 Å². The van der Waals surface area contributed by atoms with Gasteiger partial charge in [0.15, 0.2) is 0 Å². The summed E-state index contributed by atoms with van der Waals surface area (Å²) in [4.78, 5) is 11.4. The molecule has 0 radical (unpaired) electrons. The van der Waals surface area contributed by atoms with E-state index in [2.05, 4.69) is 23.2 Å². The van der Waals surface area contributed by atoms with Crippen LogP contribution in [0.25, 0.3) is 16.2 Å². The van der Waals surface area contributed by atoms with E-state index in [4.69, 9.17) is 4.74 Å². The third-order valence-corrected chi connectivity index (χ3v) is 3.44. The minimum atomic E-state index is -0.314. The first-order chi connectivity index (χ1) is 8.72. The van der Waals surface area contributed by atoms with Crippen LogP contribution in [0.2, 0.25) is 0 Å². The molecule has 0 amide bonds. The Morgan fingerprint density at radius 2 is 2.28 bits per heavy atom. The van der Waals surface area contributed by atoms with E-state index in [0.717, 1.165) is 5.56 Å². The maximum absolute atomic E-state index is 11.4. The summed E-state index contributed by atoms with van der Waals surface area (Å²) in [7, 11) is 0. The molecule has 0 N–H and O–H groups in total. The number of ether oxygens (including phenoxy) is 1. The second-order valence-electron chi connectivity index (χ2n) is 3.81. The lowest BCUT2D eigenvalue weighted by Gasteiger charge is -1.98. The highest BCUT2D eigenvalue weighted by molar-refractivity contribution is 7.17. The number of fused-ring (bicyclic) bond motifs is 1. The zero-order valence-corrected chi connectivity index (χ0v) is 11.2. The number of benzene rings is 1. The summed E-state index contributed by atoms with van der Waals surface area (Å²) in [5.74, 6) is -0.314. The molecule has 0 saturated heterocycles. The van der Waals surface area contributed by atoms with Gasteiger partial charge in [-0.3, -0.25) is 0 Å². The maximum atomic E-state index is 11.4. The van der Waals surface area contributed by atoms with Crippen LogP contribution in [0.1, 0.15) is 19.4 Å². The molecule has 3 heteroatoms. The van der Waals surface area contributed by atoms with E-state index in [0.29, 0.717) is 12.2 Å². The zero-order valence-electron chi connectivity index (χ0n) is 10.4. The summed E-state index contributed by atoms with van der Waals surface area (Å²) in [6.45, 7) is 3.89. The fourth-order valence-electron chi connectivity index (χ4n) is 1.63. The van der Waals surface area contributed by atoms with E-state index in [-0.39, 0.29) is 5.97 Å². The summed E-state index contributed by atoms with van der Waals surface area (Å²) in [5.41, 5.74) is 4.54. The monoisotopic (exact) mass is 258 g/mol. The lowest BCUT2D eigenvalue weighted by molar-refractivity contribution is -0.138. The highest BCUT2D eigenvalue weighted by Crippen LogP contribution is 2.24. The molecule has 18 heavy (non-hydrogen) atoms. The Balaban J connectivity index is 2.36. The first kappa shape index (κ1) is 12.6. The Bertz CT molecular complexity index is 631. The number of carbonyl (C=O) groups is 1. The Morgan fingerprint density at radius 1 is 1.44 bits per heavy atom. The molecule has 2 nitrogen and oxygen atoms in total. The second kappa shape index (κ2) is 5.67. The summed E-state index contributed by atoms with van der Waals surface area (Å²) < 4.78 is 6.14. The fraction of sp³-hybridized carbons (Fsp3) is 0.200. The van der Waals surface area contributed by atoms with Crippen LogP contribution in [0.3, 0.4) is 0 Å². The lowest BCUT2D eigenvalue weighted by Crippen LogP contribution is -2.03. The van der Waals surface area contributed by atoms with E-state index in [1.165, 1.54) is 10.1 Å². The van der Waals surface area contributed by atoms with Crippen LogP contribution in [-0.4, -0.2) is 12.6 Å². The molecule has 92 valence electrons. The minimum Gasteiger partial charge on any atom is -0.462 e. The first-order valence-corrected chi connectivity index (χ1v) is 6.67. The van der Waals surface area contributed by atoms with Gasteiger partial charge in [0.1, 0.15) is 0 Å². The van der Waals surface area contributed by atoms with E-state index >= 15 is 0 Å². The van der Waals surface area contributed by atoms with Crippen LogP contribution < -0.4 is 0 Å². The summed E-state index contributed by atoms with van der Waals surface area (Å²) in [6.07, 6.45) is 1.83. The molecule has 0 unspecified atom stereocenters. The van der Waals surface area contributed by atoms with Crippen molar-refractivity contribution in [3.63, 3.8) is 0 Å². The van der Waals surface area contributed by atoms with Gasteiger partial charge in [0, 0.05) is 10.1 Å². The predicted octanol–water partition coefficient (Wildman–Crippen LogP) is 4.02. The molecule has 0 aliphatic rings. The normalized spacial score (nSPS) is 9.89. The van der Waals surface area contributed by atoms with Crippen molar-refractivity contribution in [2.75, 3.05) is 6.61 Å². The molecule has 2 rings (SSSR count). The SMILES string of the molecule is CCOC(=O)C(C)=C=Cc1cccc2sccc12. The van der Waals surface area contributed by atoms with Crippen molar-refractivity contribution in [2.45, 2.75) is 13.8 Å². The molecule has 0 fully saturated rings. The molecular formula is C15H14O2S. The number of thiophene rings is 1. The van der Waals surface area contributed by atoms with Gasteiger partial charge in [0.05, 0.1) is 12.2 Å². The van der Waals surface area contributed by atoms with E-state index in [1.54, 1.807) is 25.2 Å². The molecule has 0 saturated carbocycles. The summed E-state index contributed by atoms with van der Waals surface area (Å²) in [5, 5.41) is 3.25. The Labute approximate surface area is 110 Å². The Kier molecular flexibility index (Phi) is 3.98. The average Bonchev–Trinajstić information content (AvgIpc) is 2.84. The van der Waals surface area contributed by atoms with Crippen molar-refractivity contribution < 1.29 is 9.53 Å². The molecule has 2 aromatic rings. The van der Waals surface area contributed by atoms with Crippen LogP contribution in [-0.2, 0) is 9.53 Å². The van der Waals surface area contributed by atoms with Gasteiger partial charge in [-0.1, -0.05) is 12.1 Å². The highest BCUT2D eigenvalue weighted by Gasteiger charge is 2.03. The van der Waals surface area contributed by atoms with Gasteiger partial charge in [-0.15, -0.1) is 17.1 Å². The largest absolute Gasteiger partial charge is 0.462 e. The Hall–Kier alpha value is -1.83. The van der Waals surface area contributed by atoms with Crippen molar-refractivity contribution in [3.05, 3.63) is 46.5 Å². The number of rotatable bonds is 3. The van der Waals surface area contributed by atoms with Crippen molar-refractivity contribution in [2.24, 2.45) is 0 Å². The maximum Gasteiger partial charge on any atom is 0.341 e. The third-order valence-electron chi connectivity index (χ3n) is 2.56. The topological polar surface area (TPSA) is 26.3 Å². The number of hydrogen-bond donors (Lipinski definition) is 0. The first-order valence-electron chi connectivity index (χ1n) is 5.79. The van der Waals surface area contributed by atoms with E-state index in [1.807, 2.05) is 18.2 Å². The quantitative estimate of drug-likeness (QED) is 0.472. The van der Waals surface area contributed by atoms with Crippen molar-refractivity contribution >= 4 is 33.5 Å². The van der Waals surface area contributed by atoms with Crippen molar-refractivity contribution in [3.8, 4) is 0 Å². The third kappa shape index (κ3) is 2.70. The highest BCUT2D eigenvalue weighted by atomic mass is 32.1. The molecule has 0 aliphatic heterocycles. The van der Waals surface area contributed by atoms with Crippen LogP contribution in [0.15, 0.2) is 40.9 Å². The summed E-state index contributed by atoms with van der Waals surface area (Å²) >= 11 is 1.70. The molecule has 0 aliphatic carbocycles.